The molecule has 0 bridgehead atoms. The number of hydrogen-bond acceptors (Lipinski definition) is 2. The molecule has 1 aliphatic heterocycles. The highest BCUT2D eigenvalue weighted by Gasteiger charge is 2.44. The Hall–Kier alpha value is -1.77. The van der Waals surface area contributed by atoms with Crippen molar-refractivity contribution in [1.29, 1.82) is 0 Å². The number of nitrogens with zero attached hydrogens (tertiary/aromatic N) is 1. The van der Waals surface area contributed by atoms with E-state index in [2.05, 4.69) is 0 Å². The lowest BCUT2D eigenvalue weighted by Gasteiger charge is -2.31. The van der Waals surface area contributed by atoms with E-state index in [1.807, 2.05) is 20.8 Å². The Morgan fingerprint density at radius 1 is 0.962 bits per heavy atom. The minimum Gasteiger partial charge on any atom is -0.481 e. The lowest BCUT2D eigenvalue weighted by Crippen LogP contribution is -2.40. The van der Waals surface area contributed by atoms with Gasteiger partial charge in [0.05, 0.1) is 17.0 Å². The number of carboxylic acid groups (broad SMARTS) is 1. The molecule has 1 fully saturated rings. The van der Waals surface area contributed by atoms with Gasteiger partial charge >= 0.3 is 18.3 Å². The SMILES string of the molecule is CC(C)(C)N1C[C@H](C(=O)O)[C@@H](c2cc(C(F)(F)F)cc(C(F)(F)F)c2)C1. The molecule has 0 unspecified atom stereocenters. The van der Waals surface area contributed by atoms with E-state index >= 15 is 0 Å². The number of benzene rings is 1. The van der Waals surface area contributed by atoms with Crippen LogP contribution in [0, 0.1) is 5.92 Å². The number of carbonyl (C=O) groups is 1. The van der Waals surface area contributed by atoms with E-state index in [0.717, 1.165) is 0 Å². The molecule has 0 radical (unpaired) electrons. The van der Waals surface area contributed by atoms with Gasteiger partial charge < -0.3 is 5.11 Å². The van der Waals surface area contributed by atoms with Gasteiger partial charge in [-0.25, -0.2) is 0 Å². The van der Waals surface area contributed by atoms with Crippen LogP contribution in [0.5, 0.6) is 0 Å². The highest BCUT2D eigenvalue weighted by molar-refractivity contribution is 5.72. The fourth-order valence-electron chi connectivity index (χ4n) is 3.13. The van der Waals surface area contributed by atoms with Crippen molar-refractivity contribution in [2.75, 3.05) is 13.1 Å². The number of rotatable bonds is 2. The van der Waals surface area contributed by atoms with Crippen molar-refractivity contribution >= 4 is 5.97 Å². The first-order valence-electron chi connectivity index (χ1n) is 7.88. The predicted octanol–water partition coefficient (Wildman–Crippen LogP) is 4.62. The Bertz CT molecular complexity index is 658. The summed E-state index contributed by atoms with van der Waals surface area (Å²) in [7, 11) is 0. The molecule has 1 aromatic carbocycles. The molecule has 0 aromatic heterocycles. The lowest BCUT2D eigenvalue weighted by molar-refractivity contribution is -0.143. The fourth-order valence-corrected chi connectivity index (χ4v) is 3.13. The molecule has 146 valence electrons. The van der Waals surface area contributed by atoms with E-state index in [-0.39, 0.29) is 24.7 Å². The zero-order valence-corrected chi connectivity index (χ0v) is 14.4. The zero-order valence-electron chi connectivity index (χ0n) is 14.4. The van der Waals surface area contributed by atoms with Crippen molar-refractivity contribution in [3.8, 4) is 0 Å². The summed E-state index contributed by atoms with van der Waals surface area (Å²) in [6, 6.07) is 1.31. The molecule has 1 heterocycles. The predicted molar refractivity (Wildman–Crippen MR) is 81.6 cm³/mol. The van der Waals surface area contributed by atoms with Gasteiger partial charge in [0.1, 0.15) is 0 Å². The second-order valence-corrected chi connectivity index (χ2v) is 7.47. The van der Waals surface area contributed by atoms with Crippen LogP contribution < -0.4 is 0 Å². The van der Waals surface area contributed by atoms with E-state index in [4.69, 9.17) is 0 Å². The molecule has 0 aliphatic carbocycles. The van der Waals surface area contributed by atoms with Gasteiger partial charge in [0, 0.05) is 24.5 Å². The van der Waals surface area contributed by atoms with Crippen LogP contribution in [0.1, 0.15) is 43.4 Å². The molecule has 9 heteroatoms. The summed E-state index contributed by atoms with van der Waals surface area (Å²) in [5, 5.41) is 9.42. The molecule has 1 saturated heterocycles. The van der Waals surface area contributed by atoms with Gasteiger partial charge in [-0.15, -0.1) is 0 Å². The van der Waals surface area contributed by atoms with Crippen molar-refractivity contribution in [3.63, 3.8) is 0 Å². The minimum absolute atomic E-state index is 0.0513. The summed E-state index contributed by atoms with van der Waals surface area (Å²) in [5.41, 5.74) is -3.58. The standard InChI is InChI=1S/C17H19F6NO2/c1-15(2,3)24-7-12(13(8-24)14(25)26)9-4-10(16(18,19)20)6-11(5-9)17(21,22)23/h4-6,12-13H,7-8H2,1-3H3,(H,25,26)/t12-,13+/m1/s1. The Morgan fingerprint density at radius 2 is 1.42 bits per heavy atom. The number of alkyl halides is 6. The Morgan fingerprint density at radius 3 is 1.77 bits per heavy atom. The van der Waals surface area contributed by atoms with E-state index in [1.54, 1.807) is 4.90 Å². The van der Waals surface area contributed by atoms with Gasteiger partial charge in [-0.3, -0.25) is 9.69 Å². The summed E-state index contributed by atoms with van der Waals surface area (Å²) >= 11 is 0. The summed E-state index contributed by atoms with van der Waals surface area (Å²) in [6.07, 6.45) is -9.92. The summed E-state index contributed by atoms with van der Waals surface area (Å²) in [4.78, 5) is 13.3. The normalized spacial score (nSPS) is 22.7. The van der Waals surface area contributed by atoms with Crippen LogP contribution in [0.3, 0.4) is 0 Å². The molecule has 0 amide bonds. The van der Waals surface area contributed by atoms with Gasteiger partial charge in [-0.05, 0) is 44.5 Å². The summed E-state index contributed by atoms with van der Waals surface area (Å²) in [6.45, 7) is 5.55. The van der Waals surface area contributed by atoms with Crippen LogP contribution in [-0.2, 0) is 17.1 Å². The summed E-state index contributed by atoms with van der Waals surface area (Å²) < 4.78 is 78.3. The molecule has 2 atom stereocenters. The van der Waals surface area contributed by atoms with Crippen molar-refractivity contribution in [3.05, 3.63) is 34.9 Å². The van der Waals surface area contributed by atoms with Crippen LogP contribution in [0.4, 0.5) is 26.3 Å². The molecule has 0 spiro atoms. The Labute approximate surface area is 146 Å². The van der Waals surface area contributed by atoms with Crippen LogP contribution in [-0.4, -0.2) is 34.6 Å². The zero-order chi connectivity index (χ0) is 20.1. The van der Waals surface area contributed by atoms with Gasteiger partial charge in [-0.1, -0.05) is 0 Å². The molecule has 1 N–H and O–H groups in total. The smallest absolute Gasteiger partial charge is 0.416 e. The molecule has 1 aliphatic rings. The molecule has 3 nitrogen and oxygen atoms in total. The molecular formula is C17H19F6NO2. The average Bonchev–Trinajstić information content (AvgIpc) is 2.90. The van der Waals surface area contributed by atoms with Crippen molar-refractivity contribution in [2.45, 2.75) is 44.6 Å². The highest BCUT2D eigenvalue weighted by Crippen LogP contribution is 2.42. The number of aliphatic carboxylic acids is 1. The Kier molecular flexibility index (Phi) is 5.09. The number of hydrogen-bond donors (Lipinski definition) is 1. The first kappa shape index (κ1) is 20.5. The third kappa shape index (κ3) is 4.31. The first-order chi connectivity index (χ1) is 11.6. The third-order valence-corrected chi connectivity index (χ3v) is 4.62. The topological polar surface area (TPSA) is 40.5 Å². The van der Waals surface area contributed by atoms with Gasteiger partial charge in [0.2, 0.25) is 0 Å². The van der Waals surface area contributed by atoms with Crippen molar-refractivity contribution in [2.24, 2.45) is 5.92 Å². The monoisotopic (exact) mass is 383 g/mol. The van der Waals surface area contributed by atoms with E-state index in [1.165, 1.54) is 0 Å². The molecule has 0 saturated carbocycles. The number of likely N-dealkylation sites (tertiary alicyclic amines) is 1. The van der Waals surface area contributed by atoms with Gasteiger partial charge in [0.15, 0.2) is 0 Å². The van der Waals surface area contributed by atoms with E-state index < -0.39 is 46.8 Å². The first-order valence-corrected chi connectivity index (χ1v) is 7.88. The molecule has 1 aromatic rings. The van der Waals surface area contributed by atoms with Crippen LogP contribution in [0.15, 0.2) is 18.2 Å². The minimum atomic E-state index is -4.96. The molecule has 2 rings (SSSR count). The van der Waals surface area contributed by atoms with Crippen LogP contribution in [0.25, 0.3) is 0 Å². The molecule has 26 heavy (non-hydrogen) atoms. The maximum atomic E-state index is 13.1. The number of halogens is 6. The van der Waals surface area contributed by atoms with Crippen LogP contribution >= 0.6 is 0 Å². The quantitative estimate of drug-likeness (QED) is 0.758. The maximum absolute atomic E-state index is 13.1. The van der Waals surface area contributed by atoms with Gasteiger partial charge in [-0.2, -0.15) is 26.3 Å². The average molecular weight is 383 g/mol. The van der Waals surface area contributed by atoms with Crippen molar-refractivity contribution in [1.82, 2.24) is 4.90 Å². The van der Waals surface area contributed by atoms with Crippen molar-refractivity contribution < 1.29 is 36.2 Å². The number of carboxylic acids is 1. The third-order valence-electron chi connectivity index (χ3n) is 4.62. The lowest BCUT2D eigenvalue weighted by atomic mass is 9.87. The second kappa shape index (κ2) is 6.44. The van der Waals surface area contributed by atoms with E-state index in [9.17, 15) is 36.2 Å². The fraction of sp³-hybridized carbons (Fsp3) is 0.588. The van der Waals surface area contributed by atoms with Gasteiger partial charge in [0.25, 0.3) is 0 Å². The maximum Gasteiger partial charge on any atom is 0.416 e. The highest BCUT2D eigenvalue weighted by atomic mass is 19.4. The van der Waals surface area contributed by atoms with Crippen LogP contribution in [0.2, 0.25) is 0 Å². The molecular weight excluding hydrogens is 364 g/mol. The van der Waals surface area contributed by atoms with E-state index in [0.29, 0.717) is 12.1 Å². The second-order valence-electron chi connectivity index (χ2n) is 7.47. The summed E-state index contributed by atoms with van der Waals surface area (Å²) in [5.74, 6) is -3.29. The largest absolute Gasteiger partial charge is 0.481 e. The Balaban J connectivity index is 2.56.